The van der Waals surface area contributed by atoms with Crippen LogP contribution in [0.3, 0.4) is 0 Å². The molecule has 1 aliphatic rings. The second-order valence-corrected chi connectivity index (χ2v) is 11.2. The number of nitriles is 1. The first-order chi connectivity index (χ1) is 19.1. The lowest BCUT2D eigenvalue weighted by Gasteiger charge is -2.28. The SMILES string of the molecule is COCCOCCOc1cccc2[nH]c(C(=O)N[C@@H](CC(C)(C)C)C(=O)N[C@@H](C#N)CC3CCCNC3=O)cc12. The van der Waals surface area contributed by atoms with Crippen molar-refractivity contribution in [2.75, 3.05) is 40.1 Å². The predicted molar refractivity (Wildman–Crippen MR) is 150 cm³/mol. The second-order valence-electron chi connectivity index (χ2n) is 11.2. The summed E-state index contributed by atoms with van der Waals surface area (Å²) in [7, 11) is 1.61. The van der Waals surface area contributed by atoms with Crippen LogP contribution in [0.2, 0.25) is 0 Å². The van der Waals surface area contributed by atoms with Crippen molar-refractivity contribution >= 4 is 28.6 Å². The van der Waals surface area contributed by atoms with E-state index in [1.165, 1.54) is 0 Å². The summed E-state index contributed by atoms with van der Waals surface area (Å²) in [4.78, 5) is 41.8. The van der Waals surface area contributed by atoms with Gasteiger partial charge in [0.2, 0.25) is 11.8 Å². The van der Waals surface area contributed by atoms with E-state index in [1.54, 1.807) is 13.2 Å². The van der Waals surface area contributed by atoms with Crippen LogP contribution in [-0.4, -0.2) is 74.9 Å². The molecule has 4 N–H and O–H groups in total. The van der Waals surface area contributed by atoms with Crippen molar-refractivity contribution in [1.29, 1.82) is 5.26 Å². The maximum atomic E-state index is 13.3. The lowest BCUT2D eigenvalue weighted by molar-refractivity contribution is -0.128. The van der Waals surface area contributed by atoms with Gasteiger partial charge in [-0.05, 0) is 49.3 Å². The quantitative estimate of drug-likeness (QED) is 0.261. The van der Waals surface area contributed by atoms with E-state index in [0.717, 1.165) is 17.3 Å². The fourth-order valence-corrected chi connectivity index (χ4v) is 4.65. The molecule has 0 saturated carbocycles. The average Bonchev–Trinajstić information content (AvgIpc) is 3.36. The first kappa shape index (κ1) is 30.9. The van der Waals surface area contributed by atoms with Crippen molar-refractivity contribution < 1.29 is 28.6 Å². The first-order valence-electron chi connectivity index (χ1n) is 13.7. The number of nitrogens with zero attached hydrogens (tertiary/aromatic N) is 1. The van der Waals surface area contributed by atoms with Crippen LogP contribution in [0.1, 0.15) is 56.9 Å². The number of hydrogen-bond acceptors (Lipinski definition) is 7. The van der Waals surface area contributed by atoms with Crippen LogP contribution < -0.4 is 20.7 Å². The zero-order chi connectivity index (χ0) is 29.1. The lowest BCUT2D eigenvalue weighted by Crippen LogP contribution is -2.51. The second kappa shape index (κ2) is 14.7. The molecule has 218 valence electrons. The summed E-state index contributed by atoms with van der Waals surface area (Å²) in [6.45, 7) is 8.27. The number of nitrogens with one attached hydrogen (secondary N) is 4. The Bertz CT molecular complexity index is 1200. The van der Waals surface area contributed by atoms with Crippen LogP contribution in [-0.2, 0) is 19.1 Å². The number of methoxy groups -OCH3 is 1. The molecule has 0 aliphatic carbocycles. The minimum Gasteiger partial charge on any atom is -0.490 e. The predicted octanol–water partition coefficient (Wildman–Crippen LogP) is 2.67. The zero-order valence-corrected chi connectivity index (χ0v) is 23.8. The number of piperidine rings is 1. The lowest BCUT2D eigenvalue weighted by atomic mass is 9.87. The number of fused-ring (bicyclic) bond motifs is 1. The normalized spacial score (nSPS) is 17.0. The van der Waals surface area contributed by atoms with Gasteiger partial charge in [0.25, 0.3) is 5.91 Å². The third-order valence-corrected chi connectivity index (χ3v) is 6.62. The molecule has 3 rings (SSSR count). The zero-order valence-electron chi connectivity index (χ0n) is 23.8. The van der Waals surface area contributed by atoms with E-state index in [1.807, 2.05) is 39.0 Å². The molecule has 11 heteroatoms. The Hall–Kier alpha value is -3.62. The van der Waals surface area contributed by atoms with Gasteiger partial charge in [-0.3, -0.25) is 14.4 Å². The van der Waals surface area contributed by atoms with Crippen LogP contribution in [0, 0.1) is 22.7 Å². The van der Waals surface area contributed by atoms with E-state index in [-0.39, 0.29) is 29.4 Å². The number of amides is 3. The van der Waals surface area contributed by atoms with Crippen LogP contribution >= 0.6 is 0 Å². The molecular weight excluding hydrogens is 514 g/mol. The molecule has 1 fully saturated rings. The standard InChI is InChI=1S/C29H41N5O6/c1-29(2,3)17-24(28(37)32-20(18-30)15-19-7-6-10-31-26(19)35)34-27(36)23-16-21-22(33-23)8-5-9-25(21)40-14-13-39-12-11-38-4/h5,8-9,16,19-20,24,33H,6-7,10-15,17H2,1-4H3,(H,31,35)(H,32,37)(H,34,36)/t19?,20-,24+/m1/s1. The summed E-state index contributed by atoms with van der Waals surface area (Å²) in [5.41, 5.74) is 0.716. The summed E-state index contributed by atoms with van der Waals surface area (Å²) < 4.78 is 16.3. The topological polar surface area (TPSA) is 155 Å². The molecule has 3 amide bonds. The Kier molecular flexibility index (Phi) is 11.3. The molecule has 1 aromatic carbocycles. The van der Waals surface area contributed by atoms with Crippen LogP contribution in [0.5, 0.6) is 5.75 Å². The van der Waals surface area contributed by atoms with Gasteiger partial charge in [-0.25, -0.2) is 0 Å². The van der Waals surface area contributed by atoms with Crippen LogP contribution in [0.15, 0.2) is 24.3 Å². The number of benzene rings is 1. The van der Waals surface area contributed by atoms with Gasteiger partial charge in [-0.2, -0.15) is 5.26 Å². The highest BCUT2D eigenvalue weighted by atomic mass is 16.5. The van der Waals surface area contributed by atoms with Gasteiger partial charge >= 0.3 is 0 Å². The highest BCUT2D eigenvalue weighted by Gasteiger charge is 2.31. The first-order valence-corrected chi connectivity index (χ1v) is 13.7. The minimum atomic E-state index is -0.880. The maximum absolute atomic E-state index is 13.3. The summed E-state index contributed by atoms with van der Waals surface area (Å²) in [6, 6.07) is 7.55. The highest BCUT2D eigenvalue weighted by Crippen LogP contribution is 2.27. The molecule has 0 spiro atoms. The maximum Gasteiger partial charge on any atom is 0.268 e. The minimum absolute atomic E-state index is 0.0962. The van der Waals surface area contributed by atoms with E-state index in [2.05, 4.69) is 27.0 Å². The van der Waals surface area contributed by atoms with E-state index in [4.69, 9.17) is 14.2 Å². The Morgan fingerprint density at radius 3 is 2.65 bits per heavy atom. The van der Waals surface area contributed by atoms with Crippen molar-refractivity contribution in [1.82, 2.24) is 20.9 Å². The molecule has 1 saturated heterocycles. The molecule has 11 nitrogen and oxygen atoms in total. The molecule has 2 heterocycles. The Morgan fingerprint density at radius 2 is 1.95 bits per heavy atom. The van der Waals surface area contributed by atoms with Gasteiger partial charge in [0, 0.05) is 30.5 Å². The van der Waals surface area contributed by atoms with Crippen LogP contribution in [0.4, 0.5) is 0 Å². The van der Waals surface area contributed by atoms with Crippen molar-refractivity contribution in [3.63, 3.8) is 0 Å². The molecule has 40 heavy (non-hydrogen) atoms. The van der Waals surface area contributed by atoms with Crippen molar-refractivity contribution in [2.45, 2.75) is 58.5 Å². The van der Waals surface area contributed by atoms with E-state index in [9.17, 15) is 19.6 Å². The van der Waals surface area contributed by atoms with Gasteiger partial charge in [-0.1, -0.05) is 26.8 Å². The number of carbonyl (C=O) groups excluding carboxylic acids is 3. The van der Waals surface area contributed by atoms with Gasteiger partial charge in [0.05, 0.1) is 25.9 Å². The van der Waals surface area contributed by atoms with Gasteiger partial charge in [0.1, 0.15) is 30.1 Å². The van der Waals surface area contributed by atoms with Crippen molar-refractivity contribution in [2.24, 2.45) is 11.3 Å². The molecule has 1 unspecified atom stereocenters. The molecule has 0 radical (unpaired) electrons. The Labute approximate surface area is 235 Å². The van der Waals surface area contributed by atoms with Gasteiger partial charge < -0.3 is 35.1 Å². The third kappa shape index (κ3) is 9.24. The van der Waals surface area contributed by atoms with Gasteiger partial charge in [0.15, 0.2) is 0 Å². The fraction of sp³-hybridized carbons (Fsp3) is 0.586. The number of aromatic amines is 1. The third-order valence-electron chi connectivity index (χ3n) is 6.62. The number of carbonyl (C=O) groups is 3. The number of H-pyrrole nitrogens is 1. The smallest absolute Gasteiger partial charge is 0.268 e. The number of rotatable bonds is 14. The van der Waals surface area contributed by atoms with Gasteiger partial charge in [-0.15, -0.1) is 0 Å². The molecule has 0 bridgehead atoms. The largest absolute Gasteiger partial charge is 0.490 e. The van der Waals surface area contributed by atoms with E-state index >= 15 is 0 Å². The van der Waals surface area contributed by atoms with Crippen LogP contribution in [0.25, 0.3) is 10.9 Å². The molecule has 1 aliphatic heterocycles. The summed E-state index contributed by atoms with van der Waals surface area (Å²) >= 11 is 0. The number of aromatic nitrogens is 1. The molecular formula is C29H41N5O6. The Morgan fingerprint density at radius 1 is 1.18 bits per heavy atom. The van der Waals surface area contributed by atoms with Crippen molar-refractivity contribution in [3.8, 4) is 11.8 Å². The molecule has 2 aromatic rings. The van der Waals surface area contributed by atoms with Crippen molar-refractivity contribution in [3.05, 3.63) is 30.0 Å². The monoisotopic (exact) mass is 555 g/mol. The van der Waals surface area contributed by atoms with E-state index < -0.39 is 23.9 Å². The summed E-state index contributed by atoms with van der Waals surface area (Å²) in [6.07, 6.45) is 2.09. The average molecular weight is 556 g/mol. The summed E-state index contributed by atoms with van der Waals surface area (Å²) in [5.74, 6) is -0.722. The highest BCUT2D eigenvalue weighted by molar-refractivity contribution is 6.01. The Balaban J connectivity index is 1.68. The number of ether oxygens (including phenoxy) is 3. The fourth-order valence-electron chi connectivity index (χ4n) is 4.65. The number of hydrogen-bond donors (Lipinski definition) is 4. The van der Waals surface area contributed by atoms with E-state index in [0.29, 0.717) is 51.6 Å². The molecule has 1 aromatic heterocycles. The summed E-state index contributed by atoms with van der Waals surface area (Å²) in [5, 5.41) is 18.8. The molecule has 3 atom stereocenters.